The average molecular weight is 209 g/mol. The molecule has 1 aromatic rings. The molecule has 1 N–H and O–H groups in total. The van der Waals surface area contributed by atoms with Crippen LogP contribution >= 0.6 is 0 Å². The Morgan fingerprint density at radius 3 is 2.80 bits per heavy atom. The van der Waals surface area contributed by atoms with Crippen molar-refractivity contribution in [3.8, 4) is 12.3 Å². The van der Waals surface area contributed by atoms with Crippen molar-refractivity contribution >= 4 is 0 Å². The molecule has 0 amide bonds. The summed E-state index contributed by atoms with van der Waals surface area (Å²) in [7, 11) is 0. The first-order chi connectivity index (χ1) is 7.13. The largest absolute Gasteiger partial charge is 0.300 e. The number of hydrogen-bond donors (Lipinski definition) is 1. The lowest BCUT2D eigenvalue weighted by atomic mass is 10.1. The van der Waals surface area contributed by atoms with Gasteiger partial charge in [-0.3, -0.25) is 5.32 Å². The van der Waals surface area contributed by atoms with Crippen molar-refractivity contribution in [2.24, 2.45) is 0 Å². The first kappa shape index (κ1) is 11.7. The van der Waals surface area contributed by atoms with Crippen molar-refractivity contribution in [1.82, 2.24) is 5.32 Å². The molecule has 3 heteroatoms. The van der Waals surface area contributed by atoms with Crippen molar-refractivity contribution in [1.29, 1.82) is 0 Å². The molecular weight excluding hydrogens is 196 g/mol. The van der Waals surface area contributed by atoms with Crippen LogP contribution in [0.25, 0.3) is 0 Å². The maximum atomic E-state index is 12.4. The van der Waals surface area contributed by atoms with Gasteiger partial charge in [-0.15, -0.1) is 6.42 Å². The van der Waals surface area contributed by atoms with E-state index >= 15 is 0 Å². The number of hydrogen-bond acceptors (Lipinski definition) is 1. The molecule has 0 aliphatic rings. The van der Waals surface area contributed by atoms with Gasteiger partial charge < -0.3 is 0 Å². The highest BCUT2D eigenvalue weighted by Crippen LogP contribution is 2.19. The molecule has 1 nitrogen and oxygen atoms in total. The fourth-order valence-electron chi connectivity index (χ4n) is 1.17. The Bertz CT molecular complexity index is 355. The lowest BCUT2D eigenvalue weighted by molar-refractivity contribution is 0.151. The van der Waals surface area contributed by atoms with Gasteiger partial charge in [-0.1, -0.05) is 24.1 Å². The van der Waals surface area contributed by atoms with Gasteiger partial charge in [0.05, 0.1) is 6.04 Å². The molecule has 1 aromatic carbocycles. The van der Waals surface area contributed by atoms with Gasteiger partial charge in [0.25, 0.3) is 6.43 Å². The third kappa shape index (κ3) is 3.69. The second-order valence-electron chi connectivity index (χ2n) is 3.31. The van der Waals surface area contributed by atoms with Crippen molar-refractivity contribution in [3.05, 3.63) is 35.4 Å². The van der Waals surface area contributed by atoms with Crippen LogP contribution < -0.4 is 5.32 Å². The number of nitrogens with one attached hydrogen (secondary N) is 1. The third-order valence-corrected chi connectivity index (χ3v) is 2.07. The number of halogens is 2. The van der Waals surface area contributed by atoms with Gasteiger partial charge in [-0.25, -0.2) is 8.78 Å². The summed E-state index contributed by atoms with van der Waals surface area (Å²) in [5.41, 5.74) is 0.859. The van der Waals surface area contributed by atoms with Crippen molar-refractivity contribution < 1.29 is 8.78 Å². The van der Waals surface area contributed by atoms with E-state index in [9.17, 15) is 8.78 Å². The van der Waals surface area contributed by atoms with Crippen molar-refractivity contribution in [2.75, 3.05) is 0 Å². The molecule has 0 saturated carbocycles. The molecule has 0 spiro atoms. The van der Waals surface area contributed by atoms with E-state index in [2.05, 4.69) is 11.2 Å². The van der Waals surface area contributed by atoms with Crippen LogP contribution in [0.4, 0.5) is 8.78 Å². The highest BCUT2D eigenvalue weighted by Gasteiger charge is 2.06. The van der Waals surface area contributed by atoms with Crippen LogP contribution in [0.2, 0.25) is 0 Å². The second kappa shape index (κ2) is 5.47. The van der Waals surface area contributed by atoms with Gasteiger partial charge in [0.15, 0.2) is 0 Å². The molecule has 0 bridgehead atoms. The van der Waals surface area contributed by atoms with E-state index in [4.69, 9.17) is 6.42 Å². The molecule has 0 aliphatic heterocycles. The SMILES string of the molecule is C#CC(C)NCc1cccc(C(F)F)c1. The van der Waals surface area contributed by atoms with Gasteiger partial charge in [0.2, 0.25) is 0 Å². The first-order valence-electron chi connectivity index (χ1n) is 4.70. The molecule has 0 aromatic heterocycles. The molecule has 1 unspecified atom stereocenters. The normalized spacial score (nSPS) is 12.5. The van der Waals surface area contributed by atoms with E-state index in [1.807, 2.05) is 6.92 Å². The van der Waals surface area contributed by atoms with Crippen LogP contribution in [-0.4, -0.2) is 6.04 Å². The molecule has 0 radical (unpaired) electrons. The fraction of sp³-hybridized carbons (Fsp3) is 0.333. The van der Waals surface area contributed by atoms with Crippen LogP contribution in [-0.2, 0) is 6.54 Å². The molecule has 0 fully saturated rings. The summed E-state index contributed by atoms with van der Waals surface area (Å²) in [6.07, 6.45) is 2.76. The lowest BCUT2D eigenvalue weighted by Gasteiger charge is -2.08. The predicted molar refractivity (Wildman–Crippen MR) is 56.5 cm³/mol. The van der Waals surface area contributed by atoms with E-state index in [1.54, 1.807) is 12.1 Å². The number of terminal acetylenes is 1. The summed E-state index contributed by atoms with van der Waals surface area (Å²) in [5.74, 6) is 2.51. The van der Waals surface area contributed by atoms with Gasteiger partial charge in [-0.2, -0.15) is 0 Å². The molecule has 15 heavy (non-hydrogen) atoms. The van der Waals surface area contributed by atoms with Gasteiger partial charge in [-0.05, 0) is 18.6 Å². The number of benzene rings is 1. The van der Waals surface area contributed by atoms with Gasteiger partial charge in [0.1, 0.15) is 0 Å². The zero-order chi connectivity index (χ0) is 11.3. The van der Waals surface area contributed by atoms with Crippen LogP contribution in [0.5, 0.6) is 0 Å². The Morgan fingerprint density at radius 1 is 1.47 bits per heavy atom. The zero-order valence-electron chi connectivity index (χ0n) is 8.50. The highest BCUT2D eigenvalue weighted by atomic mass is 19.3. The zero-order valence-corrected chi connectivity index (χ0v) is 8.50. The minimum Gasteiger partial charge on any atom is -0.300 e. The summed E-state index contributed by atoms with van der Waals surface area (Å²) < 4.78 is 24.7. The van der Waals surface area contributed by atoms with Crippen LogP contribution in [0.15, 0.2) is 24.3 Å². The maximum absolute atomic E-state index is 12.4. The van der Waals surface area contributed by atoms with E-state index in [1.165, 1.54) is 12.1 Å². The number of rotatable bonds is 4. The van der Waals surface area contributed by atoms with Crippen LogP contribution in [0.3, 0.4) is 0 Å². The maximum Gasteiger partial charge on any atom is 0.263 e. The molecule has 0 aliphatic carbocycles. The second-order valence-corrected chi connectivity index (χ2v) is 3.31. The molecule has 0 heterocycles. The Balaban J connectivity index is 2.62. The summed E-state index contributed by atoms with van der Waals surface area (Å²) in [6.45, 7) is 2.35. The molecule has 1 atom stereocenters. The summed E-state index contributed by atoms with van der Waals surface area (Å²) in [4.78, 5) is 0. The Kier molecular flexibility index (Phi) is 4.26. The van der Waals surface area contributed by atoms with E-state index in [0.29, 0.717) is 6.54 Å². The minimum absolute atomic E-state index is 0.0441. The van der Waals surface area contributed by atoms with Crippen molar-refractivity contribution in [3.63, 3.8) is 0 Å². The smallest absolute Gasteiger partial charge is 0.263 e. The fourth-order valence-corrected chi connectivity index (χ4v) is 1.17. The average Bonchev–Trinajstić information content (AvgIpc) is 2.26. The molecule has 0 saturated heterocycles. The Hall–Kier alpha value is -1.40. The quantitative estimate of drug-likeness (QED) is 0.752. The van der Waals surface area contributed by atoms with E-state index < -0.39 is 6.43 Å². The third-order valence-electron chi connectivity index (χ3n) is 2.07. The van der Waals surface area contributed by atoms with Crippen LogP contribution in [0.1, 0.15) is 24.5 Å². The first-order valence-corrected chi connectivity index (χ1v) is 4.70. The highest BCUT2D eigenvalue weighted by molar-refractivity contribution is 5.24. The molecule has 80 valence electrons. The standard InChI is InChI=1S/C12H13F2N/c1-3-9(2)15-8-10-5-4-6-11(7-10)12(13)14/h1,4-7,9,12,15H,8H2,2H3. The van der Waals surface area contributed by atoms with Crippen LogP contribution in [0, 0.1) is 12.3 Å². The lowest BCUT2D eigenvalue weighted by Crippen LogP contribution is -2.23. The van der Waals surface area contributed by atoms with Crippen molar-refractivity contribution in [2.45, 2.75) is 25.9 Å². The summed E-state index contributed by atoms with van der Waals surface area (Å²) in [6, 6.07) is 6.26. The summed E-state index contributed by atoms with van der Waals surface area (Å²) in [5, 5.41) is 3.03. The topological polar surface area (TPSA) is 12.0 Å². The van der Waals surface area contributed by atoms with Gasteiger partial charge >= 0.3 is 0 Å². The summed E-state index contributed by atoms with van der Waals surface area (Å²) >= 11 is 0. The monoisotopic (exact) mass is 209 g/mol. The van der Waals surface area contributed by atoms with E-state index in [0.717, 1.165) is 5.56 Å². The predicted octanol–water partition coefficient (Wildman–Crippen LogP) is 2.74. The molecular formula is C12H13F2N. The van der Waals surface area contributed by atoms with Gasteiger partial charge in [0, 0.05) is 12.1 Å². The molecule has 1 rings (SSSR count). The Labute approximate surface area is 88.5 Å². The minimum atomic E-state index is -2.42. The Morgan fingerprint density at radius 2 is 2.20 bits per heavy atom. The number of alkyl halides is 2. The van der Waals surface area contributed by atoms with E-state index in [-0.39, 0.29) is 11.6 Å².